The third-order valence-corrected chi connectivity index (χ3v) is 5.24. The summed E-state index contributed by atoms with van der Waals surface area (Å²) >= 11 is 3.21. The molecule has 22 heavy (non-hydrogen) atoms. The van der Waals surface area contributed by atoms with E-state index in [1.807, 2.05) is 24.4 Å². The number of hydrogen-bond acceptors (Lipinski definition) is 6. The highest BCUT2D eigenvalue weighted by molar-refractivity contribution is 8.00. The summed E-state index contributed by atoms with van der Waals surface area (Å²) in [6, 6.07) is 12.2. The second-order valence-electron chi connectivity index (χ2n) is 4.91. The fourth-order valence-electron chi connectivity index (χ4n) is 1.88. The van der Waals surface area contributed by atoms with Crippen LogP contribution in [0.3, 0.4) is 0 Å². The molecule has 112 valence electrons. The highest BCUT2D eigenvalue weighted by Gasteiger charge is 2.06. The third-order valence-electron chi connectivity index (χ3n) is 3.23. The van der Waals surface area contributed by atoms with Gasteiger partial charge in [0, 0.05) is 17.6 Å². The summed E-state index contributed by atoms with van der Waals surface area (Å²) in [4.78, 5) is 4.31. The zero-order valence-corrected chi connectivity index (χ0v) is 14.0. The topological polar surface area (TPSA) is 50.7 Å². The van der Waals surface area contributed by atoms with Crippen LogP contribution in [0.1, 0.15) is 16.8 Å². The number of thioether (sulfide) groups is 1. The Morgan fingerprint density at radius 1 is 1.09 bits per heavy atom. The third kappa shape index (κ3) is 3.84. The van der Waals surface area contributed by atoms with Gasteiger partial charge >= 0.3 is 0 Å². The molecule has 0 aliphatic rings. The van der Waals surface area contributed by atoms with E-state index in [0.717, 1.165) is 26.6 Å². The van der Waals surface area contributed by atoms with Gasteiger partial charge in [-0.05, 0) is 49.2 Å². The summed E-state index contributed by atoms with van der Waals surface area (Å²) in [6.45, 7) is 4.21. The first kappa shape index (κ1) is 15.0. The van der Waals surface area contributed by atoms with Crippen LogP contribution in [0.4, 0.5) is 10.8 Å². The Bertz CT molecular complexity index is 756. The maximum absolute atomic E-state index is 4.31. The van der Waals surface area contributed by atoms with E-state index in [4.69, 9.17) is 0 Å². The molecular formula is C16H16N4S2. The molecule has 3 rings (SSSR count). The number of pyridine rings is 1. The second-order valence-corrected chi connectivity index (χ2v) is 7.11. The lowest BCUT2D eigenvalue weighted by Gasteiger charge is -2.05. The molecule has 0 atom stereocenters. The number of anilines is 2. The van der Waals surface area contributed by atoms with Crippen molar-refractivity contribution in [3.05, 3.63) is 59.4 Å². The van der Waals surface area contributed by atoms with Gasteiger partial charge in [-0.25, -0.2) is 0 Å². The van der Waals surface area contributed by atoms with Gasteiger partial charge in [0.25, 0.3) is 0 Å². The van der Waals surface area contributed by atoms with Crippen LogP contribution in [0, 0.1) is 13.8 Å². The summed E-state index contributed by atoms with van der Waals surface area (Å²) in [5, 5.41) is 12.5. The van der Waals surface area contributed by atoms with E-state index >= 15 is 0 Å². The largest absolute Gasteiger partial charge is 0.330 e. The lowest BCUT2D eigenvalue weighted by Crippen LogP contribution is -1.91. The van der Waals surface area contributed by atoms with Crippen molar-refractivity contribution in [2.75, 3.05) is 5.32 Å². The molecule has 2 heterocycles. The van der Waals surface area contributed by atoms with E-state index in [1.54, 1.807) is 23.1 Å². The minimum absolute atomic E-state index is 0.805. The molecule has 3 aromatic rings. The van der Waals surface area contributed by atoms with Crippen molar-refractivity contribution in [1.82, 2.24) is 15.2 Å². The number of aryl methyl sites for hydroxylation is 2. The van der Waals surface area contributed by atoms with Crippen molar-refractivity contribution in [3.63, 3.8) is 0 Å². The molecule has 0 bridgehead atoms. The highest BCUT2D eigenvalue weighted by Crippen LogP contribution is 2.29. The van der Waals surface area contributed by atoms with E-state index in [2.05, 4.69) is 52.5 Å². The van der Waals surface area contributed by atoms with Crippen LogP contribution in [0.5, 0.6) is 0 Å². The number of aromatic nitrogens is 3. The monoisotopic (exact) mass is 328 g/mol. The van der Waals surface area contributed by atoms with Gasteiger partial charge in [0.1, 0.15) is 0 Å². The Kier molecular flexibility index (Phi) is 4.70. The van der Waals surface area contributed by atoms with Crippen LogP contribution in [-0.4, -0.2) is 15.2 Å². The standard InChI is InChI=1S/C16H16N4S2/c1-11-6-7-13(9-12(11)2)18-15-19-20-16(22-15)21-10-14-5-3-4-8-17-14/h3-9H,10H2,1-2H3,(H,18,19). The summed E-state index contributed by atoms with van der Waals surface area (Å²) in [5.74, 6) is 0.805. The number of hydrogen-bond donors (Lipinski definition) is 1. The maximum atomic E-state index is 4.31. The van der Waals surface area contributed by atoms with Crippen molar-refractivity contribution < 1.29 is 0 Å². The van der Waals surface area contributed by atoms with Crippen molar-refractivity contribution in [2.24, 2.45) is 0 Å². The van der Waals surface area contributed by atoms with Crippen molar-refractivity contribution in [2.45, 2.75) is 23.9 Å². The first-order chi connectivity index (χ1) is 10.7. The minimum Gasteiger partial charge on any atom is -0.330 e. The highest BCUT2D eigenvalue weighted by atomic mass is 32.2. The Morgan fingerprint density at radius 2 is 2.00 bits per heavy atom. The van der Waals surface area contributed by atoms with Crippen molar-refractivity contribution >= 4 is 33.9 Å². The van der Waals surface area contributed by atoms with E-state index in [1.165, 1.54) is 11.1 Å². The smallest absolute Gasteiger partial charge is 0.210 e. The van der Waals surface area contributed by atoms with Crippen LogP contribution in [0.2, 0.25) is 0 Å². The zero-order chi connectivity index (χ0) is 15.4. The molecule has 1 N–H and O–H groups in total. The van der Waals surface area contributed by atoms with Crippen molar-refractivity contribution in [1.29, 1.82) is 0 Å². The summed E-state index contributed by atoms with van der Waals surface area (Å²) in [7, 11) is 0. The predicted octanol–water partition coefficient (Wildman–Crippen LogP) is 4.59. The number of nitrogens with zero attached hydrogens (tertiary/aromatic N) is 3. The van der Waals surface area contributed by atoms with Gasteiger partial charge in [-0.1, -0.05) is 35.2 Å². The molecule has 0 unspecified atom stereocenters. The molecular weight excluding hydrogens is 312 g/mol. The fourth-order valence-corrected chi connectivity index (χ4v) is 3.57. The summed E-state index contributed by atoms with van der Waals surface area (Å²) < 4.78 is 0.942. The molecule has 2 aromatic heterocycles. The molecule has 0 radical (unpaired) electrons. The van der Waals surface area contributed by atoms with Gasteiger partial charge < -0.3 is 5.32 Å². The average molecular weight is 328 g/mol. The summed E-state index contributed by atoms with van der Waals surface area (Å²) in [5.41, 5.74) is 4.64. The second kappa shape index (κ2) is 6.89. The zero-order valence-electron chi connectivity index (χ0n) is 12.4. The lowest BCUT2D eigenvalue weighted by molar-refractivity contribution is 1.01. The van der Waals surface area contributed by atoms with Crippen LogP contribution < -0.4 is 5.32 Å². The average Bonchev–Trinajstić information content (AvgIpc) is 2.97. The van der Waals surface area contributed by atoms with Gasteiger partial charge in [0.15, 0.2) is 4.34 Å². The normalized spacial score (nSPS) is 10.6. The molecule has 0 fully saturated rings. The predicted molar refractivity (Wildman–Crippen MR) is 92.9 cm³/mol. The number of rotatable bonds is 5. The Balaban J connectivity index is 1.62. The van der Waals surface area contributed by atoms with E-state index < -0.39 is 0 Å². The number of benzene rings is 1. The molecule has 0 spiro atoms. The van der Waals surface area contributed by atoms with Gasteiger partial charge in [-0.3, -0.25) is 4.98 Å². The Labute approximate surface area is 138 Å². The Morgan fingerprint density at radius 3 is 2.77 bits per heavy atom. The first-order valence-corrected chi connectivity index (χ1v) is 8.71. The van der Waals surface area contributed by atoms with Gasteiger partial charge in [-0.15, -0.1) is 10.2 Å². The molecule has 6 heteroatoms. The van der Waals surface area contributed by atoms with Gasteiger partial charge in [0.05, 0.1) is 5.69 Å². The quantitative estimate of drug-likeness (QED) is 0.694. The molecule has 0 aliphatic heterocycles. The van der Waals surface area contributed by atoms with E-state index in [9.17, 15) is 0 Å². The van der Waals surface area contributed by atoms with Crippen LogP contribution in [0.25, 0.3) is 0 Å². The molecule has 1 aromatic carbocycles. The first-order valence-electron chi connectivity index (χ1n) is 6.91. The van der Waals surface area contributed by atoms with Gasteiger partial charge in [0.2, 0.25) is 5.13 Å². The molecule has 4 nitrogen and oxygen atoms in total. The molecule has 0 amide bonds. The van der Waals surface area contributed by atoms with Crippen LogP contribution in [0.15, 0.2) is 46.9 Å². The fraction of sp³-hybridized carbons (Fsp3) is 0.188. The lowest BCUT2D eigenvalue weighted by atomic mass is 10.1. The minimum atomic E-state index is 0.805. The van der Waals surface area contributed by atoms with Gasteiger partial charge in [-0.2, -0.15) is 0 Å². The van der Waals surface area contributed by atoms with Crippen LogP contribution in [-0.2, 0) is 5.75 Å². The van der Waals surface area contributed by atoms with E-state index in [0.29, 0.717) is 0 Å². The Hall–Kier alpha value is -1.92. The number of nitrogens with one attached hydrogen (secondary N) is 1. The van der Waals surface area contributed by atoms with Crippen molar-refractivity contribution in [3.8, 4) is 0 Å². The molecule has 0 saturated carbocycles. The molecule has 0 saturated heterocycles. The molecule has 0 aliphatic carbocycles. The van der Waals surface area contributed by atoms with Crippen LogP contribution >= 0.6 is 23.1 Å². The van der Waals surface area contributed by atoms with E-state index in [-0.39, 0.29) is 0 Å². The summed E-state index contributed by atoms with van der Waals surface area (Å²) in [6.07, 6.45) is 1.81. The maximum Gasteiger partial charge on any atom is 0.210 e. The SMILES string of the molecule is Cc1ccc(Nc2nnc(SCc3ccccn3)s2)cc1C.